The number of halogens is 1. The van der Waals surface area contributed by atoms with E-state index in [1.54, 1.807) is 11.3 Å². The summed E-state index contributed by atoms with van der Waals surface area (Å²) in [4.78, 5) is 6.95. The number of anilines is 1. The molecule has 1 N–H and O–H groups in total. The molecular formula is C16H22ClN3S. The van der Waals surface area contributed by atoms with Crippen molar-refractivity contribution in [2.45, 2.75) is 32.9 Å². The van der Waals surface area contributed by atoms with Gasteiger partial charge in [0.05, 0.1) is 11.7 Å². The SMILES string of the molecule is CCNC(C)c1csc(N(C)C(C)c2ccc(Cl)cc2)n1. The van der Waals surface area contributed by atoms with Crippen molar-refractivity contribution in [1.82, 2.24) is 10.3 Å². The van der Waals surface area contributed by atoms with E-state index in [-0.39, 0.29) is 6.04 Å². The van der Waals surface area contributed by atoms with E-state index in [1.165, 1.54) is 5.56 Å². The first kappa shape index (κ1) is 16.3. The Morgan fingerprint density at radius 2 is 1.95 bits per heavy atom. The summed E-state index contributed by atoms with van der Waals surface area (Å²) in [5.41, 5.74) is 2.34. The third-order valence-electron chi connectivity index (χ3n) is 3.70. The van der Waals surface area contributed by atoms with Crippen LogP contribution in [-0.2, 0) is 0 Å². The summed E-state index contributed by atoms with van der Waals surface area (Å²) < 4.78 is 0. The molecule has 0 saturated heterocycles. The van der Waals surface area contributed by atoms with Gasteiger partial charge in [-0.3, -0.25) is 0 Å². The molecule has 21 heavy (non-hydrogen) atoms. The molecule has 0 aliphatic heterocycles. The lowest BCUT2D eigenvalue weighted by Crippen LogP contribution is -2.22. The predicted molar refractivity (Wildman–Crippen MR) is 92.5 cm³/mol. The average Bonchev–Trinajstić information content (AvgIpc) is 2.96. The number of hydrogen-bond acceptors (Lipinski definition) is 4. The molecule has 0 saturated carbocycles. The molecule has 114 valence electrons. The number of nitrogens with one attached hydrogen (secondary N) is 1. The molecule has 0 amide bonds. The van der Waals surface area contributed by atoms with E-state index in [2.05, 4.69) is 55.5 Å². The molecule has 2 unspecified atom stereocenters. The Balaban J connectivity index is 2.12. The number of rotatable bonds is 6. The third-order valence-corrected chi connectivity index (χ3v) is 4.90. The first-order chi connectivity index (χ1) is 10.0. The van der Waals surface area contributed by atoms with Crippen LogP contribution in [0.1, 0.15) is 44.1 Å². The highest BCUT2D eigenvalue weighted by Gasteiger charge is 2.17. The minimum atomic E-state index is 0.260. The molecule has 2 atom stereocenters. The van der Waals surface area contributed by atoms with Crippen LogP contribution in [0.15, 0.2) is 29.6 Å². The lowest BCUT2D eigenvalue weighted by atomic mass is 10.1. The maximum absolute atomic E-state index is 5.95. The average molecular weight is 324 g/mol. The molecule has 2 aromatic rings. The van der Waals surface area contributed by atoms with Crippen molar-refractivity contribution in [2.75, 3.05) is 18.5 Å². The van der Waals surface area contributed by atoms with Crippen molar-refractivity contribution in [3.63, 3.8) is 0 Å². The molecular weight excluding hydrogens is 302 g/mol. The highest BCUT2D eigenvalue weighted by Crippen LogP contribution is 2.30. The van der Waals surface area contributed by atoms with Gasteiger partial charge in [0.25, 0.3) is 0 Å². The van der Waals surface area contributed by atoms with Gasteiger partial charge in [-0.05, 0) is 38.1 Å². The van der Waals surface area contributed by atoms with E-state index in [0.29, 0.717) is 6.04 Å². The third kappa shape index (κ3) is 3.96. The lowest BCUT2D eigenvalue weighted by molar-refractivity contribution is 0.585. The van der Waals surface area contributed by atoms with Crippen molar-refractivity contribution >= 4 is 28.1 Å². The fourth-order valence-electron chi connectivity index (χ4n) is 2.18. The van der Waals surface area contributed by atoms with E-state index in [0.717, 1.165) is 22.4 Å². The van der Waals surface area contributed by atoms with Crippen LogP contribution < -0.4 is 10.2 Å². The summed E-state index contributed by atoms with van der Waals surface area (Å²) >= 11 is 7.64. The molecule has 0 bridgehead atoms. The zero-order chi connectivity index (χ0) is 15.4. The second kappa shape index (κ2) is 7.25. The van der Waals surface area contributed by atoms with Crippen LogP contribution in [0.25, 0.3) is 0 Å². The van der Waals surface area contributed by atoms with Gasteiger partial charge >= 0.3 is 0 Å². The van der Waals surface area contributed by atoms with Gasteiger partial charge in [-0.1, -0.05) is 30.7 Å². The minimum Gasteiger partial charge on any atom is -0.344 e. The van der Waals surface area contributed by atoms with Crippen molar-refractivity contribution in [3.05, 3.63) is 45.9 Å². The quantitative estimate of drug-likeness (QED) is 0.837. The number of nitrogens with zero attached hydrogens (tertiary/aromatic N) is 2. The highest BCUT2D eigenvalue weighted by molar-refractivity contribution is 7.13. The van der Waals surface area contributed by atoms with E-state index in [9.17, 15) is 0 Å². The van der Waals surface area contributed by atoms with Crippen molar-refractivity contribution in [2.24, 2.45) is 0 Å². The van der Waals surface area contributed by atoms with Gasteiger partial charge in [0.2, 0.25) is 0 Å². The summed E-state index contributed by atoms with van der Waals surface area (Å²) in [6, 6.07) is 8.55. The van der Waals surface area contributed by atoms with Crippen LogP contribution >= 0.6 is 22.9 Å². The Kier molecular flexibility index (Phi) is 5.62. The fraction of sp³-hybridized carbons (Fsp3) is 0.438. The molecule has 2 rings (SSSR count). The summed E-state index contributed by atoms with van der Waals surface area (Å²) in [6.45, 7) is 7.38. The van der Waals surface area contributed by atoms with Crippen molar-refractivity contribution in [1.29, 1.82) is 0 Å². The lowest BCUT2D eigenvalue weighted by Gasteiger charge is -2.24. The zero-order valence-corrected chi connectivity index (χ0v) is 14.5. The van der Waals surface area contributed by atoms with E-state index in [4.69, 9.17) is 16.6 Å². The van der Waals surface area contributed by atoms with Gasteiger partial charge < -0.3 is 10.2 Å². The molecule has 0 aliphatic rings. The van der Waals surface area contributed by atoms with E-state index < -0.39 is 0 Å². The van der Waals surface area contributed by atoms with Gasteiger partial charge in [-0.15, -0.1) is 11.3 Å². The van der Waals surface area contributed by atoms with Gasteiger partial charge in [0, 0.05) is 23.5 Å². The van der Waals surface area contributed by atoms with Gasteiger partial charge in [0.1, 0.15) is 0 Å². The second-order valence-corrected chi connectivity index (χ2v) is 6.45. The van der Waals surface area contributed by atoms with Crippen LogP contribution in [0.5, 0.6) is 0 Å². The second-order valence-electron chi connectivity index (χ2n) is 5.17. The zero-order valence-electron chi connectivity index (χ0n) is 12.9. The van der Waals surface area contributed by atoms with E-state index in [1.807, 2.05) is 12.1 Å². The van der Waals surface area contributed by atoms with Crippen LogP contribution in [0.3, 0.4) is 0 Å². The largest absolute Gasteiger partial charge is 0.344 e. The van der Waals surface area contributed by atoms with Gasteiger partial charge in [-0.25, -0.2) is 4.98 Å². The van der Waals surface area contributed by atoms with Crippen molar-refractivity contribution in [3.8, 4) is 0 Å². The maximum Gasteiger partial charge on any atom is 0.185 e. The molecule has 0 radical (unpaired) electrons. The minimum absolute atomic E-state index is 0.260. The van der Waals surface area contributed by atoms with Gasteiger partial charge in [-0.2, -0.15) is 0 Å². The highest BCUT2D eigenvalue weighted by atomic mass is 35.5. The molecule has 1 aromatic carbocycles. The Hall–Kier alpha value is -1.10. The Labute approximate surface area is 136 Å². The molecule has 1 heterocycles. The van der Waals surface area contributed by atoms with Crippen molar-refractivity contribution < 1.29 is 0 Å². The Morgan fingerprint density at radius 1 is 1.29 bits per heavy atom. The van der Waals surface area contributed by atoms with Gasteiger partial charge in [0.15, 0.2) is 5.13 Å². The molecule has 1 aromatic heterocycles. The van der Waals surface area contributed by atoms with Crippen LogP contribution in [-0.4, -0.2) is 18.6 Å². The summed E-state index contributed by atoms with van der Waals surface area (Å²) in [7, 11) is 2.08. The fourth-order valence-corrected chi connectivity index (χ4v) is 3.27. The number of aromatic nitrogens is 1. The first-order valence-electron chi connectivity index (χ1n) is 7.20. The molecule has 5 heteroatoms. The molecule has 0 fully saturated rings. The smallest absolute Gasteiger partial charge is 0.185 e. The normalized spacial score (nSPS) is 14.0. The van der Waals surface area contributed by atoms with Crippen LogP contribution in [0.2, 0.25) is 5.02 Å². The Bertz CT molecular complexity index is 567. The summed E-state index contributed by atoms with van der Waals surface area (Å²) in [6.07, 6.45) is 0. The van der Waals surface area contributed by atoms with Crippen LogP contribution in [0.4, 0.5) is 5.13 Å². The Morgan fingerprint density at radius 3 is 2.57 bits per heavy atom. The molecule has 0 aliphatic carbocycles. The molecule has 0 spiro atoms. The predicted octanol–water partition coefficient (Wildman–Crippen LogP) is 4.66. The number of thiazole rings is 1. The first-order valence-corrected chi connectivity index (χ1v) is 8.45. The van der Waals surface area contributed by atoms with E-state index >= 15 is 0 Å². The number of benzene rings is 1. The molecule has 3 nitrogen and oxygen atoms in total. The summed E-state index contributed by atoms with van der Waals surface area (Å²) in [5.74, 6) is 0. The number of hydrogen-bond donors (Lipinski definition) is 1. The monoisotopic (exact) mass is 323 g/mol. The maximum atomic E-state index is 5.95. The topological polar surface area (TPSA) is 28.2 Å². The van der Waals surface area contributed by atoms with Crippen LogP contribution in [0, 0.1) is 0 Å². The summed E-state index contributed by atoms with van der Waals surface area (Å²) in [5, 5.41) is 7.33. The standard InChI is InChI=1S/C16H22ClN3S/c1-5-18-11(2)15-10-21-16(19-15)20(4)12(3)13-6-8-14(17)9-7-13/h6-12,18H,5H2,1-4H3.